The molecule has 1 aromatic rings. The van der Waals surface area contributed by atoms with Gasteiger partial charge in [0.1, 0.15) is 0 Å². The molecule has 1 aliphatic rings. The van der Waals surface area contributed by atoms with Crippen molar-refractivity contribution in [1.82, 2.24) is 9.71 Å². The first-order chi connectivity index (χ1) is 8.96. The number of nitrogens with one attached hydrogen (secondary N) is 2. The van der Waals surface area contributed by atoms with E-state index in [-0.39, 0.29) is 6.04 Å². The van der Waals surface area contributed by atoms with Crippen molar-refractivity contribution >= 4 is 31.6 Å². The Bertz CT molecular complexity index is 536. The van der Waals surface area contributed by atoms with Crippen molar-refractivity contribution in [3.63, 3.8) is 0 Å². The lowest BCUT2D eigenvalue weighted by atomic mass is 10.0. The Labute approximate surface area is 122 Å². The number of halogens is 1. The number of hydrogen-bond donors (Lipinski definition) is 2. The molecule has 1 heterocycles. The number of rotatable bonds is 5. The van der Waals surface area contributed by atoms with Crippen molar-refractivity contribution in [2.75, 3.05) is 18.1 Å². The average Bonchev–Trinajstić information content (AvgIpc) is 2.73. The Morgan fingerprint density at radius 1 is 1.47 bits per heavy atom. The van der Waals surface area contributed by atoms with Crippen LogP contribution < -0.4 is 10.0 Å². The quantitative estimate of drug-likeness (QED) is 0.854. The van der Waals surface area contributed by atoms with E-state index in [9.17, 15) is 8.42 Å². The first-order valence-electron chi connectivity index (χ1n) is 6.26. The molecule has 0 bridgehead atoms. The largest absolute Gasteiger partial charge is 0.384 e. The molecule has 0 amide bonds. The van der Waals surface area contributed by atoms with E-state index in [2.05, 4.69) is 31.0 Å². The fourth-order valence-electron chi connectivity index (χ4n) is 2.47. The number of anilines is 1. The zero-order valence-electron chi connectivity index (χ0n) is 10.8. The Morgan fingerprint density at radius 3 is 2.95 bits per heavy atom. The van der Waals surface area contributed by atoms with Crippen LogP contribution in [-0.4, -0.2) is 32.2 Å². The first kappa shape index (κ1) is 14.7. The topological polar surface area (TPSA) is 71.1 Å². The number of nitrogens with zero attached hydrogens (tertiary/aromatic N) is 1. The van der Waals surface area contributed by atoms with Crippen LogP contribution in [0, 0.1) is 5.92 Å². The third-order valence-corrected chi connectivity index (χ3v) is 4.71. The summed E-state index contributed by atoms with van der Waals surface area (Å²) in [4.78, 5) is 4.01. The fourth-order valence-corrected chi connectivity index (χ4v) is 3.72. The van der Waals surface area contributed by atoms with E-state index in [1.807, 2.05) is 6.07 Å². The molecule has 1 aliphatic carbocycles. The average molecular weight is 348 g/mol. The Morgan fingerprint density at radius 2 is 2.26 bits per heavy atom. The van der Waals surface area contributed by atoms with Crippen LogP contribution in [0.4, 0.5) is 5.69 Å². The monoisotopic (exact) mass is 347 g/mol. The maximum Gasteiger partial charge on any atom is 0.208 e. The number of hydrogen-bond acceptors (Lipinski definition) is 4. The molecule has 1 fully saturated rings. The summed E-state index contributed by atoms with van der Waals surface area (Å²) in [6.45, 7) is 0.760. The summed E-state index contributed by atoms with van der Waals surface area (Å²) >= 11 is 3.43. The van der Waals surface area contributed by atoms with E-state index >= 15 is 0 Å². The predicted molar refractivity (Wildman–Crippen MR) is 79.5 cm³/mol. The minimum atomic E-state index is -3.13. The lowest BCUT2D eigenvalue weighted by Gasteiger charge is -2.21. The summed E-state index contributed by atoms with van der Waals surface area (Å²) in [5, 5.41) is 3.35. The van der Waals surface area contributed by atoms with Crippen LogP contribution in [0.5, 0.6) is 0 Å². The summed E-state index contributed by atoms with van der Waals surface area (Å²) in [5.74, 6) is 0.329. The van der Waals surface area contributed by atoms with Gasteiger partial charge in [-0.15, -0.1) is 0 Å². The molecule has 5 nitrogen and oxygen atoms in total. The van der Waals surface area contributed by atoms with Crippen LogP contribution >= 0.6 is 15.9 Å². The molecular weight excluding hydrogens is 330 g/mol. The smallest absolute Gasteiger partial charge is 0.208 e. The SMILES string of the molecule is CS(=O)(=O)NC1CCCC1CNc1ccncc1Br. The molecule has 2 N–H and O–H groups in total. The molecule has 2 rings (SSSR count). The molecule has 0 saturated heterocycles. The highest BCUT2D eigenvalue weighted by molar-refractivity contribution is 9.10. The normalized spacial score (nSPS) is 23.5. The first-order valence-corrected chi connectivity index (χ1v) is 8.95. The van der Waals surface area contributed by atoms with Crippen LogP contribution in [0.1, 0.15) is 19.3 Å². The van der Waals surface area contributed by atoms with Gasteiger partial charge in [0.25, 0.3) is 0 Å². The van der Waals surface area contributed by atoms with Gasteiger partial charge in [-0.3, -0.25) is 4.98 Å². The van der Waals surface area contributed by atoms with Gasteiger partial charge in [-0.1, -0.05) is 6.42 Å². The van der Waals surface area contributed by atoms with Crippen molar-refractivity contribution in [2.24, 2.45) is 5.92 Å². The lowest BCUT2D eigenvalue weighted by molar-refractivity contribution is 0.463. The summed E-state index contributed by atoms with van der Waals surface area (Å²) in [7, 11) is -3.13. The Hall–Kier alpha value is -0.660. The Balaban J connectivity index is 1.93. The second-order valence-corrected chi connectivity index (χ2v) is 7.56. The maximum absolute atomic E-state index is 11.3. The van der Waals surface area contributed by atoms with E-state index < -0.39 is 10.0 Å². The predicted octanol–water partition coefficient (Wildman–Crippen LogP) is 1.97. The minimum absolute atomic E-state index is 0.0445. The molecule has 2 atom stereocenters. The summed E-state index contributed by atoms with van der Waals surface area (Å²) in [5.41, 5.74) is 0.986. The van der Waals surface area contributed by atoms with Gasteiger partial charge >= 0.3 is 0 Å². The number of pyridine rings is 1. The van der Waals surface area contributed by atoms with Crippen LogP contribution in [0.15, 0.2) is 22.9 Å². The molecule has 0 radical (unpaired) electrons. The van der Waals surface area contributed by atoms with Gasteiger partial charge in [0, 0.05) is 25.0 Å². The zero-order chi connectivity index (χ0) is 13.9. The van der Waals surface area contributed by atoms with Gasteiger partial charge in [0.15, 0.2) is 0 Å². The highest BCUT2D eigenvalue weighted by Crippen LogP contribution is 2.27. The van der Waals surface area contributed by atoms with Crippen molar-refractivity contribution in [3.05, 3.63) is 22.9 Å². The van der Waals surface area contributed by atoms with Gasteiger partial charge in [0.05, 0.1) is 16.4 Å². The van der Waals surface area contributed by atoms with E-state index in [0.29, 0.717) is 5.92 Å². The van der Waals surface area contributed by atoms with Gasteiger partial charge in [-0.05, 0) is 40.8 Å². The van der Waals surface area contributed by atoms with Crippen LogP contribution in [-0.2, 0) is 10.0 Å². The van der Waals surface area contributed by atoms with Crippen LogP contribution in [0.2, 0.25) is 0 Å². The molecule has 0 aromatic carbocycles. The van der Waals surface area contributed by atoms with Gasteiger partial charge < -0.3 is 5.32 Å². The maximum atomic E-state index is 11.3. The highest BCUT2D eigenvalue weighted by atomic mass is 79.9. The molecule has 2 unspecified atom stereocenters. The third kappa shape index (κ3) is 4.43. The van der Waals surface area contributed by atoms with E-state index in [0.717, 1.165) is 36.0 Å². The number of sulfonamides is 1. The second-order valence-electron chi connectivity index (χ2n) is 4.92. The second kappa shape index (κ2) is 6.19. The highest BCUT2D eigenvalue weighted by Gasteiger charge is 2.29. The van der Waals surface area contributed by atoms with E-state index in [1.54, 1.807) is 12.4 Å². The summed E-state index contributed by atoms with van der Waals surface area (Å²) in [6.07, 6.45) is 7.71. The van der Waals surface area contributed by atoms with Crippen LogP contribution in [0.25, 0.3) is 0 Å². The van der Waals surface area contributed by atoms with Crippen molar-refractivity contribution in [1.29, 1.82) is 0 Å². The van der Waals surface area contributed by atoms with E-state index in [4.69, 9.17) is 0 Å². The number of aromatic nitrogens is 1. The molecule has 106 valence electrons. The van der Waals surface area contributed by atoms with Crippen molar-refractivity contribution < 1.29 is 8.42 Å². The molecule has 1 saturated carbocycles. The molecule has 19 heavy (non-hydrogen) atoms. The van der Waals surface area contributed by atoms with Gasteiger partial charge in [-0.25, -0.2) is 13.1 Å². The molecular formula is C12H18BrN3O2S. The standard InChI is InChI=1S/C12H18BrN3O2S/c1-19(17,18)16-11-4-2-3-9(11)7-15-12-5-6-14-8-10(12)13/h5-6,8-9,11,16H,2-4,7H2,1H3,(H,14,15). The van der Waals surface area contributed by atoms with E-state index in [1.165, 1.54) is 6.26 Å². The third-order valence-electron chi connectivity index (χ3n) is 3.35. The van der Waals surface area contributed by atoms with Crippen LogP contribution in [0.3, 0.4) is 0 Å². The van der Waals surface area contributed by atoms with Gasteiger partial charge in [-0.2, -0.15) is 0 Å². The van der Waals surface area contributed by atoms with Crippen molar-refractivity contribution in [2.45, 2.75) is 25.3 Å². The summed E-state index contributed by atoms with van der Waals surface area (Å²) in [6, 6.07) is 1.95. The Kier molecular flexibility index (Phi) is 4.81. The van der Waals surface area contributed by atoms with Crippen molar-refractivity contribution in [3.8, 4) is 0 Å². The lowest BCUT2D eigenvalue weighted by Crippen LogP contribution is -2.38. The minimum Gasteiger partial charge on any atom is -0.384 e. The molecule has 7 heteroatoms. The fraction of sp³-hybridized carbons (Fsp3) is 0.583. The summed E-state index contributed by atoms with van der Waals surface area (Å²) < 4.78 is 26.3. The van der Waals surface area contributed by atoms with Gasteiger partial charge in [0.2, 0.25) is 10.0 Å². The zero-order valence-corrected chi connectivity index (χ0v) is 13.2. The molecule has 1 aromatic heterocycles. The molecule has 0 spiro atoms. The molecule has 0 aliphatic heterocycles.